The zero-order chi connectivity index (χ0) is 16.1. The van der Waals surface area contributed by atoms with Crippen LogP contribution in [0.2, 0.25) is 0 Å². The van der Waals surface area contributed by atoms with Gasteiger partial charge in [-0.2, -0.15) is 0 Å². The molecule has 0 spiro atoms. The Hall–Kier alpha value is -1.95. The predicted molar refractivity (Wildman–Crippen MR) is 85.7 cm³/mol. The van der Waals surface area contributed by atoms with Crippen LogP contribution in [0.4, 0.5) is 0 Å². The molecule has 0 saturated heterocycles. The quantitative estimate of drug-likeness (QED) is 0.785. The van der Waals surface area contributed by atoms with Crippen LogP contribution in [0, 0.1) is 0 Å². The van der Waals surface area contributed by atoms with E-state index < -0.39 is 0 Å². The monoisotopic (exact) mass is 304 g/mol. The van der Waals surface area contributed by atoms with Crippen LogP contribution in [0.25, 0.3) is 11.2 Å². The molecule has 0 aliphatic carbocycles. The van der Waals surface area contributed by atoms with Crippen molar-refractivity contribution >= 4 is 17.1 Å². The van der Waals surface area contributed by atoms with Gasteiger partial charge in [-0.3, -0.25) is 4.79 Å². The van der Waals surface area contributed by atoms with Crippen molar-refractivity contribution in [2.75, 3.05) is 27.8 Å². The summed E-state index contributed by atoms with van der Waals surface area (Å²) in [6, 6.07) is 4.01. The number of imidazole rings is 1. The molecule has 120 valence electrons. The molecular weight excluding hydrogens is 280 g/mol. The lowest BCUT2D eigenvalue weighted by Gasteiger charge is -2.16. The first-order chi connectivity index (χ1) is 10.5. The molecular formula is C16H24N4O2. The van der Waals surface area contributed by atoms with Crippen LogP contribution in [0.1, 0.15) is 31.6 Å². The number of carbonyl (C=O) groups is 1. The van der Waals surface area contributed by atoms with Crippen LogP contribution < -0.4 is 0 Å². The Morgan fingerprint density at radius 3 is 2.91 bits per heavy atom. The van der Waals surface area contributed by atoms with Crippen molar-refractivity contribution in [1.29, 1.82) is 0 Å². The average Bonchev–Trinajstić information content (AvgIpc) is 2.85. The smallest absolute Gasteiger partial charge is 0.222 e. The van der Waals surface area contributed by atoms with Crippen molar-refractivity contribution in [3.63, 3.8) is 0 Å². The van der Waals surface area contributed by atoms with Gasteiger partial charge < -0.3 is 14.2 Å². The van der Waals surface area contributed by atoms with Crippen molar-refractivity contribution in [3.8, 4) is 0 Å². The molecule has 2 rings (SSSR count). The average molecular weight is 304 g/mol. The Kier molecular flexibility index (Phi) is 5.49. The fraction of sp³-hybridized carbons (Fsp3) is 0.562. The highest BCUT2D eigenvalue weighted by Crippen LogP contribution is 2.21. The van der Waals surface area contributed by atoms with Crippen LogP contribution in [-0.2, 0) is 16.0 Å². The Bertz CT molecular complexity index is 636. The number of aryl methyl sites for hydroxylation is 1. The number of nitrogens with zero attached hydrogens (tertiary/aromatic N) is 4. The Morgan fingerprint density at radius 2 is 2.23 bits per heavy atom. The number of methoxy groups -OCH3 is 1. The number of hydrogen-bond donors (Lipinski definition) is 0. The van der Waals surface area contributed by atoms with Gasteiger partial charge >= 0.3 is 0 Å². The molecule has 6 nitrogen and oxygen atoms in total. The zero-order valence-electron chi connectivity index (χ0n) is 13.7. The number of amides is 1. The van der Waals surface area contributed by atoms with Crippen LogP contribution >= 0.6 is 0 Å². The van der Waals surface area contributed by atoms with Gasteiger partial charge in [-0.1, -0.05) is 0 Å². The van der Waals surface area contributed by atoms with E-state index in [-0.39, 0.29) is 11.9 Å². The van der Waals surface area contributed by atoms with Crippen molar-refractivity contribution in [3.05, 3.63) is 24.2 Å². The highest BCUT2D eigenvalue weighted by Gasteiger charge is 2.17. The largest absolute Gasteiger partial charge is 0.383 e. The lowest BCUT2D eigenvalue weighted by atomic mass is 10.2. The fourth-order valence-corrected chi connectivity index (χ4v) is 2.55. The van der Waals surface area contributed by atoms with Gasteiger partial charge in [0.05, 0.1) is 12.6 Å². The molecule has 6 heteroatoms. The second-order valence-corrected chi connectivity index (χ2v) is 5.69. The van der Waals surface area contributed by atoms with Gasteiger partial charge in [0, 0.05) is 40.2 Å². The van der Waals surface area contributed by atoms with Crippen LogP contribution in [0.15, 0.2) is 18.3 Å². The molecule has 2 aromatic heterocycles. The maximum Gasteiger partial charge on any atom is 0.222 e. The SMILES string of the molecule is COCC(C)n1c(CCCC(=O)N(C)C)nc2cccnc21. The highest BCUT2D eigenvalue weighted by atomic mass is 16.5. The third kappa shape index (κ3) is 3.62. The Balaban J connectivity index is 2.20. The molecule has 0 bridgehead atoms. The molecule has 0 N–H and O–H groups in total. The summed E-state index contributed by atoms with van der Waals surface area (Å²) in [6.45, 7) is 2.69. The van der Waals surface area contributed by atoms with Gasteiger partial charge in [0.2, 0.25) is 5.91 Å². The van der Waals surface area contributed by atoms with E-state index in [0.29, 0.717) is 13.0 Å². The third-order valence-electron chi connectivity index (χ3n) is 3.66. The number of carbonyl (C=O) groups excluding carboxylic acids is 1. The molecule has 1 amide bonds. The van der Waals surface area contributed by atoms with Crippen molar-refractivity contribution in [2.24, 2.45) is 0 Å². The van der Waals surface area contributed by atoms with E-state index in [9.17, 15) is 4.79 Å². The van der Waals surface area contributed by atoms with Crippen molar-refractivity contribution in [2.45, 2.75) is 32.2 Å². The van der Waals surface area contributed by atoms with Crippen LogP contribution in [-0.4, -0.2) is 53.2 Å². The molecule has 0 saturated carbocycles. The number of aromatic nitrogens is 3. The lowest BCUT2D eigenvalue weighted by Crippen LogP contribution is -2.21. The summed E-state index contributed by atoms with van der Waals surface area (Å²) >= 11 is 0. The zero-order valence-corrected chi connectivity index (χ0v) is 13.7. The summed E-state index contributed by atoms with van der Waals surface area (Å²) in [6.07, 6.45) is 3.84. The molecule has 0 aliphatic rings. The lowest BCUT2D eigenvalue weighted by molar-refractivity contribution is -0.128. The topological polar surface area (TPSA) is 60.2 Å². The molecule has 0 aromatic carbocycles. The molecule has 2 aromatic rings. The first-order valence-electron chi connectivity index (χ1n) is 7.55. The second-order valence-electron chi connectivity index (χ2n) is 5.69. The molecule has 1 unspecified atom stereocenters. The number of fused-ring (bicyclic) bond motifs is 1. The number of hydrogen-bond acceptors (Lipinski definition) is 4. The van der Waals surface area contributed by atoms with E-state index in [1.165, 1.54) is 0 Å². The summed E-state index contributed by atoms with van der Waals surface area (Å²) in [4.78, 5) is 22.4. The molecule has 22 heavy (non-hydrogen) atoms. The van der Waals surface area contributed by atoms with Gasteiger partial charge in [-0.25, -0.2) is 9.97 Å². The molecule has 0 fully saturated rings. The first-order valence-corrected chi connectivity index (χ1v) is 7.55. The summed E-state index contributed by atoms with van der Waals surface area (Å²) in [7, 11) is 5.25. The van der Waals surface area contributed by atoms with E-state index in [0.717, 1.165) is 29.8 Å². The minimum absolute atomic E-state index is 0.144. The predicted octanol–water partition coefficient (Wildman–Crippen LogP) is 2.05. The summed E-state index contributed by atoms with van der Waals surface area (Å²) in [5, 5.41) is 0. The number of pyridine rings is 1. The van der Waals surface area contributed by atoms with Crippen molar-refractivity contribution in [1.82, 2.24) is 19.4 Å². The summed E-state index contributed by atoms with van der Waals surface area (Å²) < 4.78 is 7.39. The molecule has 1 atom stereocenters. The van der Waals surface area contributed by atoms with E-state index in [4.69, 9.17) is 4.74 Å². The Morgan fingerprint density at radius 1 is 1.45 bits per heavy atom. The van der Waals surface area contributed by atoms with Crippen molar-refractivity contribution < 1.29 is 9.53 Å². The van der Waals surface area contributed by atoms with E-state index in [1.807, 2.05) is 12.1 Å². The van der Waals surface area contributed by atoms with Crippen LogP contribution in [0.3, 0.4) is 0 Å². The standard InChI is InChI=1S/C16H24N4O2/c1-12(11-22-4)20-14(8-5-9-15(21)19(2)3)18-13-7-6-10-17-16(13)20/h6-7,10,12H,5,8-9,11H2,1-4H3. The van der Waals surface area contributed by atoms with E-state index in [2.05, 4.69) is 21.5 Å². The van der Waals surface area contributed by atoms with Crippen LogP contribution in [0.5, 0.6) is 0 Å². The molecule has 2 heterocycles. The molecule has 0 radical (unpaired) electrons. The number of ether oxygens (including phenoxy) is 1. The van der Waals surface area contributed by atoms with Gasteiger partial charge in [0.1, 0.15) is 11.3 Å². The minimum atomic E-state index is 0.144. The summed E-state index contributed by atoms with van der Waals surface area (Å²) in [5.41, 5.74) is 1.76. The minimum Gasteiger partial charge on any atom is -0.383 e. The van der Waals surface area contributed by atoms with Gasteiger partial charge in [0.25, 0.3) is 0 Å². The van der Waals surface area contributed by atoms with E-state index in [1.54, 1.807) is 32.3 Å². The molecule has 0 aliphatic heterocycles. The normalized spacial score (nSPS) is 12.5. The maximum atomic E-state index is 11.7. The van der Waals surface area contributed by atoms with Gasteiger partial charge in [-0.05, 0) is 25.5 Å². The van der Waals surface area contributed by atoms with Gasteiger partial charge in [-0.15, -0.1) is 0 Å². The fourth-order valence-electron chi connectivity index (χ4n) is 2.55. The first kappa shape index (κ1) is 16.4. The van der Waals surface area contributed by atoms with Gasteiger partial charge in [0.15, 0.2) is 5.65 Å². The maximum absolute atomic E-state index is 11.7. The summed E-state index contributed by atoms with van der Waals surface area (Å²) in [5.74, 6) is 1.11. The second kappa shape index (κ2) is 7.35. The number of rotatable bonds is 7. The van der Waals surface area contributed by atoms with E-state index >= 15 is 0 Å². The Labute approximate surface area is 131 Å². The third-order valence-corrected chi connectivity index (χ3v) is 3.66. The highest BCUT2D eigenvalue weighted by molar-refractivity contribution is 5.75.